The molecule has 5 nitrogen and oxygen atoms in total. The van der Waals surface area contributed by atoms with Crippen LogP contribution < -0.4 is 11.1 Å². The number of aliphatic hydroxyl groups is 1. The van der Waals surface area contributed by atoms with Gasteiger partial charge in [-0.3, -0.25) is 9.69 Å². The number of nitrogen functional groups attached to an aromatic ring is 1. The Bertz CT molecular complexity index is 524. The smallest absolute Gasteiger partial charge is 0.241 e. The molecule has 0 saturated carbocycles. The molecule has 116 valence electrons. The monoisotopic (exact) mass is 295 g/mol. The van der Waals surface area contributed by atoms with Crippen molar-refractivity contribution in [3.63, 3.8) is 0 Å². The molecule has 21 heavy (non-hydrogen) atoms. The second kappa shape index (κ2) is 6.41. The van der Waals surface area contributed by atoms with Crippen molar-refractivity contribution in [3.8, 4) is 0 Å². The molecule has 3 unspecified atom stereocenters. The average molecular weight is 295 g/mol. The summed E-state index contributed by atoms with van der Waals surface area (Å²) in [6, 6.07) is 3.62. The van der Waals surface area contributed by atoms with E-state index in [9.17, 15) is 14.3 Å². The van der Waals surface area contributed by atoms with Gasteiger partial charge >= 0.3 is 0 Å². The zero-order valence-corrected chi connectivity index (χ0v) is 12.3. The van der Waals surface area contributed by atoms with Crippen LogP contribution in [0.2, 0.25) is 0 Å². The maximum absolute atomic E-state index is 13.6. The van der Waals surface area contributed by atoms with Crippen LogP contribution >= 0.6 is 0 Å². The third-order valence-corrected chi connectivity index (χ3v) is 4.13. The van der Waals surface area contributed by atoms with E-state index in [-0.39, 0.29) is 17.5 Å². The molecular weight excluding hydrogens is 273 g/mol. The molecule has 1 aromatic rings. The van der Waals surface area contributed by atoms with Gasteiger partial charge < -0.3 is 16.2 Å². The largest absolute Gasteiger partial charge is 0.399 e. The maximum Gasteiger partial charge on any atom is 0.241 e. The number of nitrogens with zero attached hydrogens (tertiary/aromatic N) is 1. The molecule has 4 N–H and O–H groups in total. The van der Waals surface area contributed by atoms with Crippen LogP contribution in [-0.4, -0.2) is 41.1 Å². The highest BCUT2D eigenvalue weighted by Gasteiger charge is 2.30. The molecule has 1 amide bonds. The molecule has 6 heteroatoms. The minimum Gasteiger partial charge on any atom is -0.399 e. The summed E-state index contributed by atoms with van der Waals surface area (Å²) in [6.07, 6.45) is 0.406. The van der Waals surface area contributed by atoms with E-state index in [1.54, 1.807) is 6.92 Å². The number of rotatable bonds is 3. The number of carbonyl (C=O) groups excluding carboxylic acids is 1. The summed E-state index contributed by atoms with van der Waals surface area (Å²) in [5.74, 6) is -0.582. The Morgan fingerprint density at radius 1 is 1.57 bits per heavy atom. The van der Waals surface area contributed by atoms with Crippen LogP contribution in [0.25, 0.3) is 0 Å². The van der Waals surface area contributed by atoms with E-state index < -0.39 is 18.0 Å². The highest BCUT2D eigenvalue weighted by Crippen LogP contribution is 2.21. The van der Waals surface area contributed by atoms with Crippen molar-refractivity contribution in [2.45, 2.75) is 32.4 Å². The summed E-state index contributed by atoms with van der Waals surface area (Å²) in [4.78, 5) is 14.1. The summed E-state index contributed by atoms with van der Waals surface area (Å²) in [7, 11) is 0. The number of hydrogen-bond acceptors (Lipinski definition) is 4. The number of piperidine rings is 1. The standard InChI is InChI=1S/C15H22FN3O2/c1-9-5-6-19(8-14(9)20)10(2)15(21)18-13-7-11(17)3-4-12(13)16/h3-4,7,9-10,14,20H,5-6,8,17H2,1-2H3,(H,18,21). The first-order valence-electron chi connectivity index (χ1n) is 7.16. The van der Waals surface area contributed by atoms with E-state index in [4.69, 9.17) is 5.73 Å². The number of likely N-dealkylation sites (tertiary alicyclic amines) is 1. The molecular formula is C15H22FN3O2. The van der Waals surface area contributed by atoms with Gasteiger partial charge in [0.05, 0.1) is 17.8 Å². The van der Waals surface area contributed by atoms with Gasteiger partial charge in [0.25, 0.3) is 0 Å². The van der Waals surface area contributed by atoms with Crippen LogP contribution in [0.4, 0.5) is 15.8 Å². The van der Waals surface area contributed by atoms with Crippen molar-refractivity contribution in [3.05, 3.63) is 24.0 Å². The predicted octanol–water partition coefficient (Wildman–Crippen LogP) is 1.44. The Labute approximate surface area is 123 Å². The second-order valence-corrected chi connectivity index (χ2v) is 5.73. The van der Waals surface area contributed by atoms with Crippen molar-refractivity contribution in [1.82, 2.24) is 4.90 Å². The minimum atomic E-state index is -0.517. The summed E-state index contributed by atoms with van der Waals surface area (Å²) >= 11 is 0. The Morgan fingerprint density at radius 2 is 2.29 bits per heavy atom. The van der Waals surface area contributed by atoms with E-state index >= 15 is 0 Å². The molecule has 0 aromatic heterocycles. The Kier molecular flexibility index (Phi) is 4.80. The number of halogens is 1. The number of carbonyl (C=O) groups is 1. The molecule has 1 aliphatic rings. The molecule has 3 atom stereocenters. The fraction of sp³-hybridized carbons (Fsp3) is 0.533. The highest BCUT2D eigenvalue weighted by atomic mass is 19.1. The molecule has 1 fully saturated rings. The number of benzene rings is 1. The summed E-state index contributed by atoms with van der Waals surface area (Å²) in [5.41, 5.74) is 6.07. The van der Waals surface area contributed by atoms with Gasteiger partial charge in [0.15, 0.2) is 0 Å². The van der Waals surface area contributed by atoms with Crippen LogP contribution in [-0.2, 0) is 4.79 Å². The zero-order valence-electron chi connectivity index (χ0n) is 12.3. The first kappa shape index (κ1) is 15.7. The van der Waals surface area contributed by atoms with Crippen molar-refractivity contribution < 1.29 is 14.3 Å². The highest BCUT2D eigenvalue weighted by molar-refractivity contribution is 5.95. The quantitative estimate of drug-likeness (QED) is 0.737. The molecule has 0 bridgehead atoms. The molecule has 0 radical (unpaired) electrons. The number of nitrogens with two attached hydrogens (primary N) is 1. The van der Waals surface area contributed by atoms with E-state index in [2.05, 4.69) is 5.32 Å². The first-order valence-corrected chi connectivity index (χ1v) is 7.16. The van der Waals surface area contributed by atoms with Gasteiger partial charge in [0.1, 0.15) is 5.82 Å². The minimum absolute atomic E-state index is 0.0813. The molecule has 1 aliphatic heterocycles. The third kappa shape index (κ3) is 3.71. The lowest BCUT2D eigenvalue weighted by molar-refractivity contribution is -0.122. The lowest BCUT2D eigenvalue weighted by atomic mass is 9.95. The number of nitrogens with one attached hydrogen (secondary N) is 1. The molecule has 0 spiro atoms. The summed E-state index contributed by atoms with van der Waals surface area (Å²) < 4.78 is 13.6. The fourth-order valence-electron chi connectivity index (χ4n) is 2.47. The van der Waals surface area contributed by atoms with E-state index in [1.165, 1.54) is 18.2 Å². The van der Waals surface area contributed by atoms with Crippen molar-refractivity contribution in [1.29, 1.82) is 0 Å². The molecule has 1 aromatic carbocycles. The van der Waals surface area contributed by atoms with Gasteiger partial charge in [0, 0.05) is 12.2 Å². The topological polar surface area (TPSA) is 78.6 Å². The normalized spacial score (nSPS) is 24.6. The van der Waals surface area contributed by atoms with Gasteiger partial charge in [0.2, 0.25) is 5.91 Å². The number of β-amino-alcohol motifs (C(OH)–C–C–N with tert-alkyl or cyclic N) is 1. The number of amides is 1. The number of hydrogen-bond donors (Lipinski definition) is 3. The number of aliphatic hydroxyl groups excluding tert-OH is 1. The Morgan fingerprint density at radius 3 is 2.95 bits per heavy atom. The lowest BCUT2D eigenvalue weighted by Crippen LogP contribution is -2.50. The van der Waals surface area contributed by atoms with Crippen LogP contribution in [0.3, 0.4) is 0 Å². The van der Waals surface area contributed by atoms with Crippen LogP contribution in [0.1, 0.15) is 20.3 Å². The second-order valence-electron chi connectivity index (χ2n) is 5.73. The van der Waals surface area contributed by atoms with Gasteiger partial charge in [-0.1, -0.05) is 6.92 Å². The molecule has 0 aliphatic carbocycles. The van der Waals surface area contributed by atoms with Gasteiger partial charge in [-0.05, 0) is 44.0 Å². The predicted molar refractivity (Wildman–Crippen MR) is 80.3 cm³/mol. The summed E-state index contributed by atoms with van der Waals surface area (Å²) in [5, 5.41) is 12.5. The Hall–Kier alpha value is -1.66. The van der Waals surface area contributed by atoms with Crippen molar-refractivity contribution in [2.24, 2.45) is 5.92 Å². The third-order valence-electron chi connectivity index (χ3n) is 4.13. The first-order chi connectivity index (χ1) is 9.88. The van der Waals surface area contributed by atoms with Crippen LogP contribution in [0, 0.1) is 11.7 Å². The van der Waals surface area contributed by atoms with Gasteiger partial charge in [-0.25, -0.2) is 4.39 Å². The SMILES string of the molecule is CC1CCN(C(C)C(=O)Nc2cc(N)ccc2F)CC1O. The van der Waals surface area contributed by atoms with Crippen LogP contribution in [0.5, 0.6) is 0 Å². The molecule has 1 heterocycles. The molecule has 2 rings (SSSR count). The zero-order chi connectivity index (χ0) is 15.6. The fourth-order valence-corrected chi connectivity index (χ4v) is 2.47. The Balaban J connectivity index is 2.01. The maximum atomic E-state index is 13.6. The van der Waals surface area contributed by atoms with E-state index in [0.717, 1.165) is 13.0 Å². The average Bonchev–Trinajstić information content (AvgIpc) is 2.45. The van der Waals surface area contributed by atoms with E-state index in [1.807, 2.05) is 11.8 Å². The number of anilines is 2. The van der Waals surface area contributed by atoms with E-state index in [0.29, 0.717) is 12.2 Å². The van der Waals surface area contributed by atoms with Crippen molar-refractivity contribution in [2.75, 3.05) is 24.1 Å². The lowest BCUT2D eigenvalue weighted by Gasteiger charge is -2.37. The summed E-state index contributed by atoms with van der Waals surface area (Å²) in [6.45, 7) is 4.94. The molecule has 1 saturated heterocycles. The van der Waals surface area contributed by atoms with Gasteiger partial charge in [-0.2, -0.15) is 0 Å². The van der Waals surface area contributed by atoms with Crippen molar-refractivity contribution >= 4 is 17.3 Å². The van der Waals surface area contributed by atoms with Gasteiger partial charge in [-0.15, -0.1) is 0 Å². The van der Waals surface area contributed by atoms with Crippen LogP contribution in [0.15, 0.2) is 18.2 Å².